The molecule has 0 spiro atoms. The average molecular weight is 566 g/mol. The zero-order valence-corrected chi connectivity index (χ0v) is 23.6. The maximum Gasteiger partial charge on any atom is 0.568 e. The first kappa shape index (κ1) is 23.5. The summed E-state index contributed by atoms with van der Waals surface area (Å²) in [5, 5.41) is 3.99. The number of aromatic nitrogens is 2. The van der Waals surface area contributed by atoms with E-state index in [9.17, 15) is 0 Å². The molecule has 0 amide bonds. The number of para-hydroxylation sites is 1. The Kier molecular flexibility index (Phi) is 4.21. The number of aliphatic imine (C=N–C) groups is 1. The van der Waals surface area contributed by atoms with Crippen LogP contribution in [-0.2, 0) is 0 Å². The van der Waals surface area contributed by atoms with Crippen molar-refractivity contribution >= 4 is 69.8 Å². The number of amidine groups is 2. The average Bonchev–Trinajstić information content (AvgIpc) is 3.69. The summed E-state index contributed by atoms with van der Waals surface area (Å²) in [5.74, 6) is 3.94. The molecule has 1 unspecified atom stereocenters. The summed E-state index contributed by atoms with van der Waals surface area (Å²) >= 11 is 0. The van der Waals surface area contributed by atoms with E-state index in [-0.39, 0.29) is 0 Å². The molecular weight excluding hydrogens is 543 g/mol. The van der Waals surface area contributed by atoms with E-state index in [2.05, 4.69) is 87.8 Å². The van der Waals surface area contributed by atoms with Crippen LogP contribution in [0.3, 0.4) is 0 Å². The summed E-state index contributed by atoms with van der Waals surface area (Å²) in [6, 6.07) is 29.0. The van der Waals surface area contributed by atoms with Crippen LogP contribution in [0.5, 0.6) is 5.75 Å². The second kappa shape index (κ2) is 7.87. The summed E-state index contributed by atoms with van der Waals surface area (Å²) in [6.45, 7) is 9.82. The van der Waals surface area contributed by atoms with Crippen molar-refractivity contribution in [3.8, 4) is 5.75 Å². The number of benzene rings is 4. The topological polar surface area (TPSA) is 59.2 Å². The maximum absolute atomic E-state index is 7.39. The Bertz CT molecular complexity index is 2590. The van der Waals surface area contributed by atoms with Crippen LogP contribution in [0.4, 0.5) is 11.6 Å². The van der Waals surface area contributed by atoms with Crippen LogP contribution >= 0.6 is 0 Å². The van der Waals surface area contributed by atoms with E-state index >= 15 is 0 Å². The lowest BCUT2D eigenvalue weighted by atomic mass is 9.75. The summed E-state index contributed by atoms with van der Waals surface area (Å²) < 4.78 is 14.0. The smallest absolute Gasteiger partial charge is 0.568 e. The Hall–Kier alpha value is -6.02. The van der Waals surface area contributed by atoms with Crippen molar-refractivity contribution in [2.45, 2.75) is 0 Å². The van der Waals surface area contributed by atoms with Gasteiger partial charge in [-0.05, 0) is 65.2 Å². The number of rotatable bonds is 5. The van der Waals surface area contributed by atoms with Gasteiger partial charge in [0.25, 0.3) is 0 Å². The van der Waals surface area contributed by atoms with Crippen LogP contribution in [0.1, 0.15) is 27.8 Å². The molecule has 1 atom stereocenters. The molecule has 6 aromatic rings. The van der Waals surface area contributed by atoms with Crippen molar-refractivity contribution in [2.75, 3.05) is 0 Å². The largest absolute Gasteiger partial charge is 0.648 e. The maximum atomic E-state index is 7.39. The molecule has 7 nitrogen and oxygen atoms in total. The van der Waals surface area contributed by atoms with E-state index in [4.69, 9.17) is 19.6 Å². The van der Waals surface area contributed by atoms with Crippen LogP contribution in [0.25, 0.3) is 39.8 Å². The highest BCUT2D eigenvalue weighted by Gasteiger charge is 2.59. The third-order valence-corrected chi connectivity index (χ3v) is 9.33. The lowest BCUT2D eigenvalue weighted by molar-refractivity contribution is -0.291. The van der Waals surface area contributed by atoms with Gasteiger partial charge in [0, 0.05) is 21.5 Å². The molecule has 4 aromatic carbocycles. The Morgan fingerprint density at radius 1 is 0.614 bits per heavy atom. The van der Waals surface area contributed by atoms with Crippen LogP contribution < -0.4 is 15.6 Å². The van der Waals surface area contributed by atoms with Gasteiger partial charge in [0.15, 0.2) is 11.3 Å². The van der Waals surface area contributed by atoms with E-state index in [0.29, 0.717) is 0 Å². The van der Waals surface area contributed by atoms with Crippen molar-refractivity contribution in [1.82, 2.24) is 8.96 Å². The molecule has 44 heavy (non-hydrogen) atoms. The van der Waals surface area contributed by atoms with E-state index in [1.165, 1.54) is 0 Å². The van der Waals surface area contributed by atoms with Crippen molar-refractivity contribution < 1.29 is 9.14 Å². The zero-order valence-electron chi connectivity index (χ0n) is 23.6. The van der Waals surface area contributed by atoms with Gasteiger partial charge in [0.2, 0.25) is 11.7 Å². The molecule has 0 radical (unpaired) electrons. The SMILES string of the molecule is C=Cc1ccc2c(c1)C1=Nc3c4ccc(C=C)cc4c4n3[B-]3(Oc5ccccc5)n5c(c6cc(C=C)ccc6c5=N4)=NC2=[N+]13. The molecule has 0 N–H and O–H groups in total. The summed E-state index contributed by atoms with van der Waals surface area (Å²) in [6.07, 6.45) is 5.59. The highest BCUT2D eigenvalue weighted by atomic mass is 16.5. The van der Waals surface area contributed by atoms with E-state index in [1.54, 1.807) is 0 Å². The standard InChI is InChI=1S/C36H23BN6O/c1-4-21-12-15-25-28(18-21)34-38-32-26-16-13-22(5-2)19-29(26)36-40-33-27-17-14-23(6-3)20-30(27)35-39-31(25)41(34)37(42(32)36,43(33)35)44-24-10-8-7-9-11-24/h4-20H,1-3H2. The lowest BCUT2D eigenvalue weighted by Gasteiger charge is -2.47. The molecule has 0 bridgehead atoms. The fraction of sp³-hybridized carbons (Fsp3) is 0. The minimum Gasteiger partial charge on any atom is -0.648 e. The first-order chi connectivity index (χ1) is 21.6. The minimum atomic E-state index is -2.29. The van der Waals surface area contributed by atoms with E-state index < -0.39 is 6.75 Å². The van der Waals surface area contributed by atoms with Gasteiger partial charge in [-0.1, -0.05) is 84.3 Å². The fourth-order valence-electron chi connectivity index (χ4n) is 7.41. The van der Waals surface area contributed by atoms with Gasteiger partial charge in [-0.25, -0.2) is 4.99 Å². The monoisotopic (exact) mass is 566 g/mol. The van der Waals surface area contributed by atoms with Crippen molar-refractivity contribution in [1.29, 1.82) is 0 Å². The second-order valence-corrected chi connectivity index (χ2v) is 11.5. The number of nitrogens with zero attached hydrogens (tertiary/aromatic N) is 6. The van der Waals surface area contributed by atoms with Crippen LogP contribution in [-0.4, -0.2) is 31.9 Å². The summed E-state index contributed by atoms with van der Waals surface area (Å²) in [7, 11) is 0. The van der Waals surface area contributed by atoms with Gasteiger partial charge in [0.1, 0.15) is 11.3 Å². The van der Waals surface area contributed by atoms with Crippen molar-refractivity contribution in [2.24, 2.45) is 15.0 Å². The third kappa shape index (κ3) is 2.61. The van der Waals surface area contributed by atoms with E-state index in [1.807, 2.05) is 48.6 Å². The minimum absolute atomic E-state index is 0.738. The molecule has 4 aliphatic heterocycles. The molecular formula is C36H23BN6O. The molecule has 0 fully saturated rings. The highest BCUT2D eigenvalue weighted by molar-refractivity contribution is 6.69. The van der Waals surface area contributed by atoms with Crippen LogP contribution in [0, 0.1) is 0 Å². The second-order valence-electron chi connectivity index (χ2n) is 11.5. The first-order valence-corrected chi connectivity index (χ1v) is 14.6. The molecule has 8 heteroatoms. The lowest BCUT2D eigenvalue weighted by Crippen LogP contribution is -2.75. The third-order valence-electron chi connectivity index (χ3n) is 9.33. The van der Waals surface area contributed by atoms with Gasteiger partial charge in [-0.15, -0.1) is 0 Å². The van der Waals surface area contributed by atoms with Gasteiger partial charge < -0.3 is 18.1 Å². The van der Waals surface area contributed by atoms with Gasteiger partial charge >= 0.3 is 6.75 Å². The first-order valence-electron chi connectivity index (χ1n) is 14.6. The number of fused-ring (bicyclic) bond motifs is 9. The van der Waals surface area contributed by atoms with Gasteiger partial charge in [-0.2, -0.15) is 0 Å². The predicted molar refractivity (Wildman–Crippen MR) is 177 cm³/mol. The molecule has 4 aliphatic rings. The Morgan fingerprint density at radius 3 is 2.05 bits per heavy atom. The summed E-state index contributed by atoms with van der Waals surface area (Å²) in [5.41, 5.74) is 6.64. The number of hydrogen-bond donors (Lipinski definition) is 0. The van der Waals surface area contributed by atoms with Gasteiger partial charge in [0.05, 0.1) is 16.9 Å². The van der Waals surface area contributed by atoms with Crippen LogP contribution in [0.15, 0.2) is 120 Å². The molecule has 10 rings (SSSR count). The molecule has 0 saturated carbocycles. The Labute approximate surface area is 251 Å². The quantitative estimate of drug-likeness (QED) is 0.230. The fourth-order valence-corrected chi connectivity index (χ4v) is 7.41. The van der Waals surface area contributed by atoms with Crippen LogP contribution in [0.2, 0.25) is 0 Å². The molecule has 0 saturated heterocycles. The zero-order chi connectivity index (χ0) is 29.3. The molecule has 6 heterocycles. The molecule has 2 aromatic heterocycles. The number of hydrogen-bond acceptors (Lipinski definition) is 4. The Morgan fingerprint density at radius 2 is 1.27 bits per heavy atom. The van der Waals surface area contributed by atoms with E-state index in [0.717, 1.165) is 89.4 Å². The van der Waals surface area contributed by atoms with Crippen molar-refractivity contribution in [3.63, 3.8) is 0 Å². The van der Waals surface area contributed by atoms with Crippen molar-refractivity contribution in [3.05, 3.63) is 143 Å². The Balaban J connectivity index is 1.49. The normalized spacial score (nSPS) is 17.9. The summed E-state index contributed by atoms with van der Waals surface area (Å²) in [4.78, 5) is 16.2. The molecule has 206 valence electrons. The molecule has 0 aliphatic carbocycles. The highest BCUT2D eigenvalue weighted by Crippen LogP contribution is 2.47. The predicted octanol–water partition coefficient (Wildman–Crippen LogP) is 6.20. The van der Waals surface area contributed by atoms with Gasteiger partial charge in [-0.3, -0.25) is 0 Å².